The average Bonchev–Trinajstić information content (AvgIpc) is 3.47. The van der Waals surface area contributed by atoms with Crippen LogP contribution >= 0.6 is 11.3 Å². The van der Waals surface area contributed by atoms with Gasteiger partial charge >= 0.3 is 0 Å². The van der Waals surface area contributed by atoms with Crippen molar-refractivity contribution in [3.8, 4) is 11.1 Å². The third-order valence-electron chi connectivity index (χ3n) is 5.55. The number of aromatic nitrogens is 3. The SMILES string of the molecule is C=C/C=C(/c1ccsc1)c1nc(C(=C)c2cc(-c3cncc(CN(C)C)c3)ccc2N)[nH]c1C. The van der Waals surface area contributed by atoms with E-state index in [2.05, 4.69) is 57.0 Å². The van der Waals surface area contributed by atoms with E-state index in [-0.39, 0.29) is 0 Å². The van der Waals surface area contributed by atoms with E-state index in [0.717, 1.165) is 56.9 Å². The van der Waals surface area contributed by atoms with Crippen molar-refractivity contribution < 1.29 is 0 Å². The van der Waals surface area contributed by atoms with Gasteiger partial charge in [0.05, 0.1) is 5.69 Å². The van der Waals surface area contributed by atoms with Crippen LogP contribution < -0.4 is 5.73 Å². The Balaban J connectivity index is 1.70. The van der Waals surface area contributed by atoms with Crippen LogP contribution in [0, 0.1) is 6.92 Å². The average molecular weight is 468 g/mol. The van der Waals surface area contributed by atoms with Gasteiger partial charge in [-0.25, -0.2) is 4.98 Å². The van der Waals surface area contributed by atoms with E-state index in [0.29, 0.717) is 11.5 Å². The number of nitrogens with zero attached hydrogens (tertiary/aromatic N) is 3. The van der Waals surface area contributed by atoms with Crippen molar-refractivity contribution in [2.24, 2.45) is 0 Å². The molecule has 5 nitrogen and oxygen atoms in total. The highest BCUT2D eigenvalue weighted by Crippen LogP contribution is 2.33. The number of thiophene rings is 1. The number of allylic oxidation sites excluding steroid dienone is 2. The predicted octanol–water partition coefficient (Wildman–Crippen LogP) is 6.16. The van der Waals surface area contributed by atoms with Gasteiger partial charge in [0, 0.05) is 52.6 Å². The van der Waals surface area contributed by atoms with Gasteiger partial charge in [0.1, 0.15) is 5.82 Å². The Hall–Kier alpha value is -3.74. The van der Waals surface area contributed by atoms with Crippen LogP contribution in [0.2, 0.25) is 0 Å². The maximum atomic E-state index is 6.38. The number of imidazole rings is 1. The highest BCUT2D eigenvalue weighted by Gasteiger charge is 2.17. The van der Waals surface area contributed by atoms with Crippen molar-refractivity contribution in [3.63, 3.8) is 0 Å². The summed E-state index contributed by atoms with van der Waals surface area (Å²) in [6, 6.07) is 10.2. The molecular formula is C28H29N5S. The second-order valence-corrected chi connectivity index (χ2v) is 9.27. The Morgan fingerprint density at radius 1 is 1.18 bits per heavy atom. The first-order valence-corrected chi connectivity index (χ1v) is 11.9. The van der Waals surface area contributed by atoms with Crippen LogP contribution in [0.5, 0.6) is 0 Å². The molecule has 0 amide bonds. The lowest BCUT2D eigenvalue weighted by molar-refractivity contribution is 0.402. The second kappa shape index (κ2) is 10.0. The molecule has 172 valence electrons. The molecule has 0 aliphatic carbocycles. The fourth-order valence-electron chi connectivity index (χ4n) is 3.93. The maximum absolute atomic E-state index is 6.38. The zero-order valence-electron chi connectivity index (χ0n) is 19.8. The Labute approximate surface area is 205 Å². The van der Waals surface area contributed by atoms with Gasteiger partial charge in [-0.2, -0.15) is 11.3 Å². The summed E-state index contributed by atoms with van der Waals surface area (Å²) >= 11 is 1.65. The third kappa shape index (κ3) is 4.93. The fraction of sp³-hybridized carbons (Fsp3) is 0.143. The van der Waals surface area contributed by atoms with Crippen molar-refractivity contribution >= 4 is 28.2 Å². The van der Waals surface area contributed by atoms with Crippen LogP contribution in [-0.2, 0) is 6.54 Å². The summed E-state index contributed by atoms with van der Waals surface area (Å²) in [5, 5.41) is 4.17. The van der Waals surface area contributed by atoms with E-state index >= 15 is 0 Å². The molecule has 1 aromatic carbocycles. The first-order valence-electron chi connectivity index (χ1n) is 11.0. The zero-order chi connectivity index (χ0) is 24.2. The minimum atomic E-state index is 0.654. The molecule has 3 aromatic heterocycles. The van der Waals surface area contributed by atoms with Crippen LogP contribution in [0.1, 0.15) is 33.9 Å². The highest BCUT2D eigenvalue weighted by atomic mass is 32.1. The number of rotatable bonds is 8. The largest absolute Gasteiger partial charge is 0.398 e. The molecule has 6 heteroatoms. The van der Waals surface area contributed by atoms with Gasteiger partial charge in [0.25, 0.3) is 0 Å². The molecule has 4 rings (SSSR count). The second-order valence-electron chi connectivity index (χ2n) is 8.49. The maximum Gasteiger partial charge on any atom is 0.138 e. The predicted molar refractivity (Wildman–Crippen MR) is 145 cm³/mol. The van der Waals surface area contributed by atoms with Crippen molar-refractivity contribution in [1.29, 1.82) is 0 Å². The molecule has 0 bridgehead atoms. The number of pyridine rings is 1. The highest BCUT2D eigenvalue weighted by molar-refractivity contribution is 7.08. The lowest BCUT2D eigenvalue weighted by Crippen LogP contribution is -2.10. The van der Waals surface area contributed by atoms with E-state index in [1.165, 1.54) is 0 Å². The number of benzene rings is 1. The van der Waals surface area contributed by atoms with E-state index in [1.54, 1.807) is 17.4 Å². The quantitative estimate of drug-likeness (QED) is 0.240. The minimum absolute atomic E-state index is 0.654. The number of nitrogen functional groups attached to an aromatic ring is 1. The van der Waals surface area contributed by atoms with Crippen molar-refractivity contribution in [2.75, 3.05) is 19.8 Å². The third-order valence-corrected chi connectivity index (χ3v) is 6.23. The minimum Gasteiger partial charge on any atom is -0.398 e. The Morgan fingerprint density at radius 3 is 2.71 bits per heavy atom. The molecule has 4 aromatic rings. The molecule has 0 atom stereocenters. The van der Waals surface area contributed by atoms with Crippen LogP contribution in [0.4, 0.5) is 5.69 Å². The molecule has 0 saturated carbocycles. The number of hydrogen-bond acceptors (Lipinski definition) is 5. The van der Waals surface area contributed by atoms with E-state index in [4.69, 9.17) is 10.7 Å². The summed E-state index contributed by atoms with van der Waals surface area (Å²) in [5.74, 6) is 0.695. The molecule has 3 heterocycles. The molecule has 0 unspecified atom stereocenters. The zero-order valence-corrected chi connectivity index (χ0v) is 20.6. The number of nitrogens with two attached hydrogens (primary N) is 1. The van der Waals surface area contributed by atoms with Crippen molar-refractivity contribution in [2.45, 2.75) is 13.5 Å². The van der Waals surface area contributed by atoms with Crippen LogP contribution in [0.25, 0.3) is 22.3 Å². The van der Waals surface area contributed by atoms with Gasteiger partial charge in [-0.15, -0.1) is 0 Å². The lowest BCUT2D eigenvalue weighted by Gasteiger charge is -2.12. The summed E-state index contributed by atoms with van der Waals surface area (Å²) in [6.45, 7) is 11.1. The normalized spacial score (nSPS) is 11.7. The molecule has 0 fully saturated rings. The molecule has 34 heavy (non-hydrogen) atoms. The summed E-state index contributed by atoms with van der Waals surface area (Å²) < 4.78 is 0. The van der Waals surface area contributed by atoms with E-state index in [9.17, 15) is 0 Å². The Kier molecular flexibility index (Phi) is 6.91. The fourth-order valence-corrected chi connectivity index (χ4v) is 4.59. The monoisotopic (exact) mass is 467 g/mol. The van der Waals surface area contributed by atoms with Crippen LogP contribution in [0.3, 0.4) is 0 Å². The summed E-state index contributed by atoms with van der Waals surface area (Å²) in [6.07, 6.45) is 7.55. The van der Waals surface area contributed by atoms with Gasteiger partial charge < -0.3 is 15.6 Å². The molecule has 3 N–H and O–H groups in total. The number of hydrogen-bond donors (Lipinski definition) is 2. The lowest BCUT2D eigenvalue weighted by atomic mass is 9.98. The number of nitrogens with one attached hydrogen (secondary N) is 1. The number of anilines is 1. The smallest absolute Gasteiger partial charge is 0.138 e. The first kappa shape index (κ1) is 23.4. The summed E-state index contributed by atoms with van der Waals surface area (Å²) in [5.41, 5.74) is 15.8. The topological polar surface area (TPSA) is 70.8 Å². The summed E-state index contributed by atoms with van der Waals surface area (Å²) in [7, 11) is 4.09. The van der Waals surface area contributed by atoms with Crippen LogP contribution in [-0.4, -0.2) is 33.9 Å². The first-order chi connectivity index (χ1) is 16.4. The molecule has 0 radical (unpaired) electrons. The number of H-pyrrole nitrogens is 1. The van der Waals surface area contributed by atoms with Gasteiger partial charge in [-0.3, -0.25) is 4.98 Å². The van der Waals surface area contributed by atoms with Gasteiger partial charge in [-0.05, 0) is 72.7 Å². The molecule has 0 aliphatic heterocycles. The van der Waals surface area contributed by atoms with Gasteiger partial charge in [-0.1, -0.05) is 31.4 Å². The van der Waals surface area contributed by atoms with Gasteiger partial charge in [0.2, 0.25) is 0 Å². The Bertz CT molecular complexity index is 1360. The van der Waals surface area contributed by atoms with Crippen molar-refractivity contribution in [3.05, 3.63) is 113 Å². The molecular weight excluding hydrogens is 438 g/mol. The van der Waals surface area contributed by atoms with Crippen LogP contribution in [0.15, 0.2) is 78.8 Å². The van der Waals surface area contributed by atoms with E-state index < -0.39 is 0 Å². The molecule has 0 aliphatic rings. The van der Waals surface area contributed by atoms with Gasteiger partial charge in [0.15, 0.2) is 0 Å². The molecule has 0 spiro atoms. The Morgan fingerprint density at radius 2 is 2.00 bits per heavy atom. The number of aromatic amines is 1. The molecule has 0 saturated heterocycles. The standard InChI is InChI=1S/C28H29N5S/c1-6-7-24(22-10-11-34-17-22)27-19(3)31-28(32-27)18(2)25-13-21(8-9-26(25)29)23-12-20(14-30-15-23)16-33(4)5/h6-15,17H,1-2,16,29H2,3-5H3,(H,31,32)/b24-7-. The van der Waals surface area contributed by atoms with Crippen molar-refractivity contribution in [1.82, 2.24) is 19.9 Å². The summed E-state index contributed by atoms with van der Waals surface area (Å²) in [4.78, 5) is 14.9. The van der Waals surface area contributed by atoms with E-state index in [1.807, 2.05) is 51.6 Å². The number of aryl methyl sites for hydroxylation is 1.